The zero-order chi connectivity index (χ0) is 22.9. The Bertz CT molecular complexity index is 1050. The summed E-state index contributed by atoms with van der Waals surface area (Å²) in [5, 5.41) is 7.92. The van der Waals surface area contributed by atoms with Gasteiger partial charge < -0.3 is 15.0 Å². The van der Waals surface area contributed by atoms with E-state index in [-0.39, 0.29) is 42.3 Å². The van der Waals surface area contributed by atoms with E-state index in [1.54, 1.807) is 13.0 Å². The maximum Gasteiger partial charge on any atom is 0.358 e. The monoisotopic (exact) mass is 458 g/mol. The summed E-state index contributed by atoms with van der Waals surface area (Å²) in [6.07, 6.45) is 5.19. The quantitative estimate of drug-likeness (QED) is 0.694. The molecule has 8 nitrogen and oxygen atoms in total. The molecular weight excluding hydrogens is 432 g/mol. The molecule has 1 aromatic carbocycles. The lowest BCUT2D eigenvalue weighted by Gasteiger charge is -2.44. The van der Waals surface area contributed by atoms with Gasteiger partial charge in [-0.1, -0.05) is 49.1 Å². The summed E-state index contributed by atoms with van der Waals surface area (Å²) in [7, 11) is 1.26. The van der Waals surface area contributed by atoms with E-state index in [4.69, 9.17) is 16.3 Å². The van der Waals surface area contributed by atoms with Crippen LogP contribution in [0.1, 0.15) is 65.6 Å². The number of nitrogens with zero attached hydrogens (tertiary/aromatic N) is 3. The molecule has 1 aliphatic carbocycles. The molecule has 32 heavy (non-hydrogen) atoms. The van der Waals surface area contributed by atoms with Crippen molar-refractivity contribution in [2.75, 3.05) is 7.11 Å². The van der Waals surface area contributed by atoms with Crippen molar-refractivity contribution in [1.82, 2.24) is 20.0 Å². The van der Waals surface area contributed by atoms with E-state index in [0.717, 1.165) is 31.2 Å². The summed E-state index contributed by atoms with van der Waals surface area (Å²) in [6, 6.07) is 8.75. The molecule has 4 rings (SSSR count). The normalized spacial score (nSPS) is 21.2. The lowest BCUT2D eigenvalue weighted by Crippen LogP contribution is -2.64. The predicted molar refractivity (Wildman–Crippen MR) is 118 cm³/mol. The minimum atomic E-state index is -1.21. The van der Waals surface area contributed by atoms with E-state index in [1.807, 2.05) is 18.2 Å². The average Bonchev–Trinajstić information content (AvgIpc) is 3.22. The van der Waals surface area contributed by atoms with Crippen molar-refractivity contribution in [3.05, 3.63) is 52.3 Å². The first kappa shape index (κ1) is 22.3. The van der Waals surface area contributed by atoms with Crippen LogP contribution in [-0.2, 0) is 22.6 Å². The molecule has 2 amide bonds. The molecule has 1 atom stereocenters. The molecule has 170 valence electrons. The molecular formula is C23H27ClN4O4. The van der Waals surface area contributed by atoms with Gasteiger partial charge in [0.1, 0.15) is 11.2 Å². The number of aromatic nitrogens is 2. The molecule has 0 saturated heterocycles. The molecule has 2 aromatic rings. The summed E-state index contributed by atoms with van der Waals surface area (Å²) in [4.78, 5) is 40.6. The minimum absolute atomic E-state index is 0.0329. The van der Waals surface area contributed by atoms with E-state index in [2.05, 4.69) is 10.4 Å². The molecule has 1 saturated carbocycles. The number of ether oxygens (including phenoxy) is 1. The molecule has 1 aliphatic heterocycles. The molecule has 1 N–H and O–H groups in total. The summed E-state index contributed by atoms with van der Waals surface area (Å²) in [5.41, 5.74) is -0.202. The van der Waals surface area contributed by atoms with Gasteiger partial charge in [-0.15, -0.1) is 0 Å². The minimum Gasteiger partial charge on any atom is -0.464 e. The van der Waals surface area contributed by atoms with Crippen molar-refractivity contribution in [2.24, 2.45) is 0 Å². The number of hydrogen-bond acceptors (Lipinski definition) is 5. The summed E-state index contributed by atoms with van der Waals surface area (Å²) < 4.78 is 6.18. The van der Waals surface area contributed by atoms with Gasteiger partial charge in [-0.25, -0.2) is 4.79 Å². The number of fused-ring (bicyclic) bond motifs is 1. The van der Waals surface area contributed by atoms with E-state index in [0.29, 0.717) is 5.02 Å². The van der Waals surface area contributed by atoms with Crippen LogP contribution < -0.4 is 5.32 Å². The van der Waals surface area contributed by atoms with Gasteiger partial charge in [0.2, 0.25) is 5.91 Å². The second-order valence-corrected chi connectivity index (χ2v) is 9.04. The van der Waals surface area contributed by atoms with Crippen molar-refractivity contribution in [1.29, 1.82) is 0 Å². The molecule has 9 heteroatoms. The fourth-order valence-electron chi connectivity index (χ4n) is 4.48. The first-order valence-corrected chi connectivity index (χ1v) is 11.2. The van der Waals surface area contributed by atoms with Gasteiger partial charge in [0, 0.05) is 23.7 Å². The number of methoxy groups -OCH3 is 1. The second kappa shape index (κ2) is 8.94. The van der Waals surface area contributed by atoms with Crippen LogP contribution in [0.4, 0.5) is 0 Å². The van der Waals surface area contributed by atoms with Crippen LogP contribution in [0, 0.1) is 0 Å². The van der Waals surface area contributed by atoms with Crippen LogP contribution in [0.2, 0.25) is 5.02 Å². The first-order chi connectivity index (χ1) is 15.3. The Kier molecular flexibility index (Phi) is 6.24. The summed E-state index contributed by atoms with van der Waals surface area (Å²) in [6.45, 7) is 2.02. The second-order valence-electron chi connectivity index (χ2n) is 8.63. The number of esters is 1. The third kappa shape index (κ3) is 4.11. The largest absolute Gasteiger partial charge is 0.464 e. The topological polar surface area (TPSA) is 93.5 Å². The Morgan fingerprint density at radius 1 is 1.25 bits per heavy atom. The Labute approximate surface area is 191 Å². The number of carbonyl (C=O) groups excluding carboxylic acids is 3. The molecule has 2 aliphatic rings. The Balaban J connectivity index is 1.71. The van der Waals surface area contributed by atoms with Gasteiger partial charge >= 0.3 is 5.97 Å². The van der Waals surface area contributed by atoms with Gasteiger partial charge in [0.05, 0.1) is 13.7 Å². The van der Waals surface area contributed by atoms with Crippen molar-refractivity contribution >= 4 is 29.4 Å². The van der Waals surface area contributed by atoms with Gasteiger partial charge in [-0.05, 0) is 31.4 Å². The zero-order valence-corrected chi connectivity index (χ0v) is 19.0. The van der Waals surface area contributed by atoms with E-state index >= 15 is 0 Å². The number of hydrogen-bond donors (Lipinski definition) is 1. The molecule has 0 spiro atoms. The molecule has 0 radical (unpaired) electrons. The average molecular weight is 459 g/mol. The van der Waals surface area contributed by atoms with Crippen molar-refractivity contribution in [3.63, 3.8) is 0 Å². The molecule has 1 aromatic heterocycles. The maximum absolute atomic E-state index is 13.6. The summed E-state index contributed by atoms with van der Waals surface area (Å²) in [5.74, 6) is -1.25. The van der Waals surface area contributed by atoms with Crippen LogP contribution in [0.3, 0.4) is 0 Å². The Morgan fingerprint density at radius 2 is 1.97 bits per heavy atom. The Hall–Kier alpha value is -2.87. The third-order valence-corrected chi connectivity index (χ3v) is 6.78. The number of nitrogens with one attached hydrogen (secondary N) is 1. The number of benzene rings is 1. The van der Waals surface area contributed by atoms with Crippen LogP contribution in [-0.4, -0.2) is 51.2 Å². The molecule has 0 bridgehead atoms. The third-order valence-electron chi connectivity index (χ3n) is 6.41. The lowest BCUT2D eigenvalue weighted by atomic mass is 9.91. The standard InChI is InChI=1S/C23H27ClN4O4/c1-23(22(31)25-16-9-4-3-5-10-16)14-28-19(12-18(26-28)21(30)32-2)20(29)27(23)13-15-8-6-7-11-17(15)24/h6-8,11-12,16H,3-5,9-10,13-14H2,1-2H3,(H,25,31)/t23-/m1/s1. The van der Waals surface area contributed by atoms with Gasteiger partial charge in [-0.2, -0.15) is 5.10 Å². The molecule has 0 unspecified atom stereocenters. The fourth-order valence-corrected chi connectivity index (χ4v) is 4.67. The first-order valence-electron chi connectivity index (χ1n) is 10.9. The fraction of sp³-hybridized carbons (Fsp3) is 0.478. The van der Waals surface area contributed by atoms with Crippen LogP contribution in [0.15, 0.2) is 30.3 Å². The van der Waals surface area contributed by atoms with Crippen molar-refractivity contribution < 1.29 is 19.1 Å². The SMILES string of the molecule is COC(=O)c1cc2n(n1)C[C@](C)(C(=O)NC1CCCCC1)N(Cc1ccccc1Cl)C2=O. The van der Waals surface area contributed by atoms with Crippen LogP contribution in [0.25, 0.3) is 0 Å². The highest BCUT2D eigenvalue weighted by Crippen LogP contribution is 2.31. The van der Waals surface area contributed by atoms with E-state index in [9.17, 15) is 14.4 Å². The van der Waals surface area contributed by atoms with Gasteiger partial charge in [0.15, 0.2) is 5.69 Å². The number of amides is 2. The predicted octanol–water partition coefficient (Wildman–Crippen LogP) is 3.19. The number of rotatable bonds is 5. The van der Waals surface area contributed by atoms with Gasteiger partial charge in [-0.3, -0.25) is 14.3 Å². The number of halogens is 1. The van der Waals surface area contributed by atoms with Gasteiger partial charge in [0.25, 0.3) is 5.91 Å². The van der Waals surface area contributed by atoms with E-state index < -0.39 is 11.5 Å². The van der Waals surface area contributed by atoms with Crippen molar-refractivity contribution in [2.45, 2.75) is 63.7 Å². The highest BCUT2D eigenvalue weighted by Gasteiger charge is 2.48. The lowest BCUT2D eigenvalue weighted by molar-refractivity contribution is -0.134. The number of carbonyl (C=O) groups is 3. The molecule has 1 fully saturated rings. The Morgan fingerprint density at radius 3 is 2.66 bits per heavy atom. The maximum atomic E-state index is 13.6. The molecule has 2 heterocycles. The smallest absolute Gasteiger partial charge is 0.358 e. The summed E-state index contributed by atoms with van der Waals surface area (Å²) >= 11 is 6.37. The van der Waals surface area contributed by atoms with Crippen LogP contribution >= 0.6 is 11.6 Å². The van der Waals surface area contributed by atoms with Crippen LogP contribution in [0.5, 0.6) is 0 Å². The zero-order valence-electron chi connectivity index (χ0n) is 18.3. The van der Waals surface area contributed by atoms with Crippen molar-refractivity contribution in [3.8, 4) is 0 Å². The highest BCUT2D eigenvalue weighted by atomic mass is 35.5. The van der Waals surface area contributed by atoms with E-state index in [1.165, 1.54) is 29.2 Å². The highest BCUT2D eigenvalue weighted by molar-refractivity contribution is 6.31.